The summed E-state index contributed by atoms with van der Waals surface area (Å²) in [5.74, 6) is -9.09. The summed E-state index contributed by atoms with van der Waals surface area (Å²) in [4.78, 5) is 116. The number of aromatic amines is 1. The lowest BCUT2D eigenvalue weighted by molar-refractivity contribution is -0.143. The molecule has 48 heavy (non-hydrogen) atoms. The highest BCUT2D eigenvalue weighted by Gasteiger charge is 2.32. The zero-order valence-electron chi connectivity index (χ0n) is 25.8. The van der Waals surface area contributed by atoms with Crippen LogP contribution in [-0.4, -0.2) is 117 Å². The Kier molecular flexibility index (Phi) is 15.4. The van der Waals surface area contributed by atoms with Crippen LogP contribution in [0.1, 0.15) is 50.6 Å². The minimum Gasteiger partial charge on any atom is -0.481 e. The Bertz CT molecular complexity index is 1350. The number of imidazole rings is 1. The molecule has 1 aliphatic heterocycles. The summed E-state index contributed by atoms with van der Waals surface area (Å²) in [5, 5.41) is 33.0. The molecule has 0 unspecified atom stereocenters. The lowest BCUT2D eigenvalue weighted by Gasteiger charge is -2.24. The average Bonchev–Trinajstić information content (AvgIpc) is 3.74. The first-order chi connectivity index (χ1) is 22.7. The van der Waals surface area contributed by atoms with E-state index in [2.05, 4.69) is 41.9 Å². The van der Waals surface area contributed by atoms with Gasteiger partial charge in [0.2, 0.25) is 41.4 Å². The van der Waals surface area contributed by atoms with Gasteiger partial charge in [-0.05, 0) is 32.2 Å². The van der Waals surface area contributed by atoms with E-state index in [0.29, 0.717) is 18.7 Å². The molecule has 1 saturated heterocycles. The third-order valence-electron chi connectivity index (χ3n) is 7.05. The van der Waals surface area contributed by atoms with Crippen LogP contribution in [0.5, 0.6) is 0 Å². The highest BCUT2D eigenvalue weighted by Crippen LogP contribution is 2.08. The van der Waals surface area contributed by atoms with Gasteiger partial charge in [-0.25, -0.2) is 9.78 Å². The molecular weight excluding hydrogens is 640 g/mol. The number of hydrogen-bond acceptors (Lipinski definition) is 11. The predicted octanol–water partition coefficient (Wildman–Crippen LogP) is -5.15. The lowest BCUT2D eigenvalue weighted by Crippen LogP contribution is -2.57. The summed E-state index contributed by atoms with van der Waals surface area (Å²) < 4.78 is 0. The SMILES string of the molecule is NC(=O)CC[C@H](NC(=O)[C@H](CCC(N)=O)NC(=O)[C@@H]1CCCN1)C(=O)NCC(=O)N[C@@H](CC(=O)O)C(=O)N[C@@H](Cc1cnc[nH]1)C(=O)O. The molecule has 2 rings (SSSR count). The number of H-pyrrole nitrogens is 1. The topological polar surface area (TPSA) is 347 Å². The van der Waals surface area contributed by atoms with E-state index in [1.807, 2.05) is 0 Å². The summed E-state index contributed by atoms with van der Waals surface area (Å²) in [6, 6.07) is -6.58. The standard InChI is InChI=1S/C27H40N10O11/c28-19(38)5-3-15(35-25(45)16(4-6-20(29)39)36-24(44)14-2-1-7-31-14)23(43)32-11-21(40)34-17(9-22(41)42)26(46)37-18(27(47)48)8-13-10-30-12-33-13/h10,12,14-18,31H,1-9,11H2,(H2,28,38)(H2,29,39)(H,30,33)(H,32,43)(H,34,40)(H,35,45)(H,36,44)(H,37,46)(H,41,42)(H,47,48)/t14-,15-,16-,17-,18-/m0/s1. The van der Waals surface area contributed by atoms with Gasteiger partial charge < -0.3 is 58.6 Å². The molecule has 1 aromatic rings. The molecule has 0 saturated carbocycles. The summed E-state index contributed by atoms with van der Waals surface area (Å²) >= 11 is 0. The molecule has 21 nitrogen and oxygen atoms in total. The molecule has 2 heterocycles. The third kappa shape index (κ3) is 13.8. The quantitative estimate of drug-likeness (QED) is 0.0579. The largest absolute Gasteiger partial charge is 0.481 e. The van der Waals surface area contributed by atoms with Gasteiger partial charge in [0.05, 0.1) is 25.3 Å². The van der Waals surface area contributed by atoms with E-state index in [-0.39, 0.29) is 32.1 Å². The average molecular weight is 681 g/mol. The molecule has 264 valence electrons. The smallest absolute Gasteiger partial charge is 0.326 e. The van der Waals surface area contributed by atoms with Crippen molar-refractivity contribution in [3.05, 3.63) is 18.2 Å². The molecular formula is C27H40N10O11. The summed E-state index contributed by atoms with van der Waals surface area (Å²) in [6.07, 6.45) is 1.51. The minimum absolute atomic E-state index is 0.205. The summed E-state index contributed by atoms with van der Waals surface area (Å²) in [5.41, 5.74) is 10.7. The van der Waals surface area contributed by atoms with Crippen molar-refractivity contribution in [2.24, 2.45) is 11.5 Å². The Labute approximate surface area is 273 Å². The van der Waals surface area contributed by atoms with Crippen molar-refractivity contribution in [1.82, 2.24) is 41.9 Å². The molecule has 1 fully saturated rings. The van der Waals surface area contributed by atoms with E-state index in [4.69, 9.17) is 11.5 Å². The van der Waals surface area contributed by atoms with Crippen LogP contribution in [0.2, 0.25) is 0 Å². The number of aromatic nitrogens is 2. The molecule has 0 bridgehead atoms. The molecule has 7 amide bonds. The highest BCUT2D eigenvalue weighted by molar-refractivity contribution is 5.96. The van der Waals surface area contributed by atoms with Gasteiger partial charge in [0, 0.05) is 31.2 Å². The predicted molar refractivity (Wildman–Crippen MR) is 161 cm³/mol. The van der Waals surface area contributed by atoms with E-state index in [1.165, 1.54) is 12.5 Å². The molecule has 1 aliphatic rings. The van der Waals surface area contributed by atoms with Crippen molar-refractivity contribution in [3.63, 3.8) is 0 Å². The van der Waals surface area contributed by atoms with Crippen molar-refractivity contribution in [2.45, 2.75) is 81.6 Å². The second kappa shape index (κ2) is 19.2. The summed E-state index contributed by atoms with van der Waals surface area (Å²) in [6.45, 7) is -0.243. The second-order valence-electron chi connectivity index (χ2n) is 10.9. The fraction of sp³-hybridized carbons (Fsp3) is 0.556. The molecule has 0 spiro atoms. The second-order valence-corrected chi connectivity index (χ2v) is 10.9. The van der Waals surface area contributed by atoms with Gasteiger partial charge in [-0.15, -0.1) is 0 Å². The van der Waals surface area contributed by atoms with E-state index in [1.54, 1.807) is 0 Å². The van der Waals surface area contributed by atoms with E-state index < -0.39 is 96.5 Å². The Morgan fingerprint density at radius 2 is 1.44 bits per heavy atom. The van der Waals surface area contributed by atoms with Crippen molar-refractivity contribution < 1.29 is 53.4 Å². The van der Waals surface area contributed by atoms with Crippen LogP contribution in [-0.2, 0) is 49.6 Å². The third-order valence-corrected chi connectivity index (χ3v) is 7.05. The van der Waals surface area contributed by atoms with Gasteiger partial charge in [-0.2, -0.15) is 0 Å². The molecule has 0 radical (unpaired) electrons. The maximum Gasteiger partial charge on any atom is 0.326 e. The number of carbonyl (C=O) groups is 9. The maximum absolute atomic E-state index is 13.1. The van der Waals surface area contributed by atoms with Gasteiger partial charge in [0.1, 0.15) is 24.2 Å². The van der Waals surface area contributed by atoms with Gasteiger partial charge >= 0.3 is 11.9 Å². The zero-order valence-corrected chi connectivity index (χ0v) is 25.8. The Morgan fingerprint density at radius 3 is 1.96 bits per heavy atom. The van der Waals surface area contributed by atoms with Gasteiger partial charge in [0.25, 0.3) is 0 Å². The maximum atomic E-state index is 13.1. The van der Waals surface area contributed by atoms with Crippen LogP contribution in [0, 0.1) is 0 Å². The van der Waals surface area contributed by atoms with Crippen molar-refractivity contribution >= 4 is 53.3 Å². The van der Waals surface area contributed by atoms with Crippen molar-refractivity contribution in [3.8, 4) is 0 Å². The number of carbonyl (C=O) groups excluding carboxylic acids is 7. The number of amides is 7. The van der Waals surface area contributed by atoms with E-state index >= 15 is 0 Å². The zero-order chi connectivity index (χ0) is 35.8. The van der Waals surface area contributed by atoms with Crippen LogP contribution in [0.15, 0.2) is 12.5 Å². The van der Waals surface area contributed by atoms with Crippen LogP contribution < -0.4 is 43.4 Å². The number of aliphatic carboxylic acids is 2. The number of carboxylic acid groups (broad SMARTS) is 2. The molecule has 1 aromatic heterocycles. The molecule has 5 atom stereocenters. The Morgan fingerprint density at radius 1 is 0.833 bits per heavy atom. The van der Waals surface area contributed by atoms with E-state index in [9.17, 15) is 53.4 Å². The van der Waals surface area contributed by atoms with Crippen LogP contribution in [0.25, 0.3) is 0 Å². The first kappa shape index (κ1) is 38.6. The van der Waals surface area contributed by atoms with Gasteiger partial charge in [-0.1, -0.05) is 0 Å². The van der Waals surface area contributed by atoms with Crippen LogP contribution in [0.4, 0.5) is 0 Å². The number of nitrogens with one attached hydrogen (secondary N) is 7. The van der Waals surface area contributed by atoms with Crippen molar-refractivity contribution in [2.75, 3.05) is 13.1 Å². The number of nitrogens with two attached hydrogens (primary N) is 2. The van der Waals surface area contributed by atoms with Gasteiger partial charge in [0.15, 0.2) is 0 Å². The number of primary amides is 2. The van der Waals surface area contributed by atoms with Crippen molar-refractivity contribution in [1.29, 1.82) is 0 Å². The van der Waals surface area contributed by atoms with Crippen LogP contribution in [0.3, 0.4) is 0 Å². The Hall–Kier alpha value is -5.60. The fourth-order valence-corrected chi connectivity index (χ4v) is 4.57. The number of rotatable bonds is 21. The highest BCUT2D eigenvalue weighted by atomic mass is 16.4. The molecule has 0 aliphatic carbocycles. The number of nitrogens with zero attached hydrogens (tertiary/aromatic N) is 1. The first-order valence-corrected chi connectivity index (χ1v) is 14.9. The normalized spacial score (nSPS) is 16.3. The molecule has 0 aromatic carbocycles. The number of hydrogen-bond donors (Lipinski definition) is 11. The monoisotopic (exact) mass is 680 g/mol. The van der Waals surface area contributed by atoms with Gasteiger partial charge in [-0.3, -0.25) is 38.4 Å². The van der Waals surface area contributed by atoms with Crippen LogP contribution >= 0.6 is 0 Å². The first-order valence-electron chi connectivity index (χ1n) is 14.9. The fourth-order valence-electron chi connectivity index (χ4n) is 4.57. The van der Waals surface area contributed by atoms with E-state index in [0.717, 1.165) is 6.42 Å². The Balaban J connectivity index is 2.07. The minimum atomic E-state index is -1.75. The summed E-state index contributed by atoms with van der Waals surface area (Å²) in [7, 11) is 0. The molecule has 13 N–H and O–H groups in total. The lowest BCUT2D eigenvalue weighted by atomic mass is 10.1. The number of carboxylic acids is 2. The molecule has 21 heteroatoms.